The molecule has 1 aliphatic carbocycles. The lowest BCUT2D eigenvalue weighted by molar-refractivity contribution is 0.201. The van der Waals surface area contributed by atoms with Gasteiger partial charge in [-0.05, 0) is 31.7 Å². The molecule has 0 aliphatic heterocycles. The number of methoxy groups -OCH3 is 1. The van der Waals surface area contributed by atoms with Gasteiger partial charge in [0.1, 0.15) is 5.82 Å². The Hall–Kier alpha value is -1.99. The number of anilines is 2. The second-order valence-electron chi connectivity index (χ2n) is 5.50. The summed E-state index contributed by atoms with van der Waals surface area (Å²) in [7, 11) is 1.61. The van der Waals surface area contributed by atoms with Gasteiger partial charge in [-0.1, -0.05) is 11.6 Å². The molecular weight excluding hydrogens is 348 g/mol. The predicted molar refractivity (Wildman–Crippen MR) is 98.6 cm³/mol. The Morgan fingerprint density at radius 1 is 1.38 bits per heavy atom. The summed E-state index contributed by atoms with van der Waals surface area (Å²) in [5.41, 5.74) is 9.11. The summed E-state index contributed by atoms with van der Waals surface area (Å²) in [6, 6.07) is 3.59. The van der Waals surface area contributed by atoms with Gasteiger partial charge in [0.05, 0.1) is 24.5 Å². The molecule has 24 heavy (non-hydrogen) atoms. The van der Waals surface area contributed by atoms with Crippen molar-refractivity contribution >= 4 is 40.1 Å². The van der Waals surface area contributed by atoms with E-state index in [1.807, 2.05) is 6.07 Å². The van der Waals surface area contributed by atoms with E-state index in [0.717, 1.165) is 18.4 Å². The van der Waals surface area contributed by atoms with Crippen molar-refractivity contribution in [1.29, 1.82) is 0 Å². The number of nitrogens with zero attached hydrogens (tertiary/aromatic N) is 2. The number of rotatable bonds is 6. The highest BCUT2D eigenvalue weighted by molar-refractivity contribution is 7.14. The first kappa shape index (κ1) is 16.9. The van der Waals surface area contributed by atoms with Gasteiger partial charge in [-0.15, -0.1) is 11.3 Å². The second kappa shape index (κ2) is 7.72. The molecule has 1 heterocycles. The van der Waals surface area contributed by atoms with E-state index in [1.165, 1.54) is 24.2 Å². The summed E-state index contributed by atoms with van der Waals surface area (Å²) >= 11 is 7.72. The minimum absolute atomic E-state index is 0.242. The molecule has 3 rings (SSSR count). The van der Waals surface area contributed by atoms with Crippen molar-refractivity contribution in [2.24, 2.45) is 5.10 Å². The molecule has 1 aromatic carbocycles. The van der Waals surface area contributed by atoms with Crippen molar-refractivity contribution in [1.82, 2.24) is 4.98 Å². The molecule has 0 unspecified atom stereocenters. The van der Waals surface area contributed by atoms with Crippen LogP contribution in [0.2, 0.25) is 5.02 Å². The van der Waals surface area contributed by atoms with E-state index >= 15 is 0 Å². The molecule has 128 valence electrons. The van der Waals surface area contributed by atoms with E-state index in [-0.39, 0.29) is 6.10 Å². The number of hydrogen-bond acceptors (Lipinski definition) is 7. The first-order valence-electron chi connectivity index (χ1n) is 7.70. The van der Waals surface area contributed by atoms with E-state index in [0.29, 0.717) is 27.5 Å². The van der Waals surface area contributed by atoms with Crippen LogP contribution in [0.25, 0.3) is 0 Å². The fourth-order valence-corrected chi connectivity index (χ4v) is 3.33. The van der Waals surface area contributed by atoms with Crippen molar-refractivity contribution < 1.29 is 9.47 Å². The highest BCUT2D eigenvalue weighted by atomic mass is 35.5. The predicted octanol–water partition coefficient (Wildman–Crippen LogP) is 4.15. The Morgan fingerprint density at radius 3 is 2.83 bits per heavy atom. The molecule has 0 amide bonds. The zero-order chi connectivity index (χ0) is 16.9. The third kappa shape index (κ3) is 4.10. The van der Waals surface area contributed by atoms with E-state index in [1.54, 1.807) is 24.8 Å². The largest absolute Gasteiger partial charge is 0.493 e. The molecule has 1 fully saturated rings. The van der Waals surface area contributed by atoms with Crippen molar-refractivity contribution in [3.63, 3.8) is 0 Å². The number of hydrazone groups is 1. The summed E-state index contributed by atoms with van der Waals surface area (Å²) in [4.78, 5) is 4.06. The van der Waals surface area contributed by atoms with E-state index in [9.17, 15) is 0 Å². The van der Waals surface area contributed by atoms with Gasteiger partial charge >= 0.3 is 0 Å². The van der Waals surface area contributed by atoms with Crippen LogP contribution in [0.3, 0.4) is 0 Å². The first-order valence-corrected chi connectivity index (χ1v) is 8.95. The second-order valence-corrected chi connectivity index (χ2v) is 6.76. The minimum Gasteiger partial charge on any atom is -0.493 e. The summed E-state index contributed by atoms with van der Waals surface area (Å²) < 4.78 is 11.4. The summed E-state index contributed by atoms with van der Waals surface area (Å²) in [6.07, 6.45) is 6.42. The van der Waals surface area contributed by atoms with Gasteiger partial charge in [-0.2, -0.15) is 5.10 Å². The van der Waals surface area contributed by atoms with Crippen LogP contribution in [0.1, 0.15) is 31.2 Å². The van der Waals surface area contributed by atoms with Crippen LogP contribution in [0, 0.1) is 0 Å². The summed E-state index contributed by atoms with van der Waals surface area (Å²) in [5.74, 6) is 1.78. The minimum atomic E-state index is 0.242. The van der Waals surface area contributed by atoms with Gasteiger partial charge in [0.2, 0.25) is 5.13 Å². The SMILES string of the molecule is COc1cc(C=NNc2nc(N)cs2)c(Cl)cc1OC1CCCC1. The van der Waals surface area contributed by atoms with E-state index in [2.05, 4.69) is 15.5 Å². The molecule has 0 saturated heterocycles. The lowest BCUT2D eigenvalue weighted by Crippen LogP contribution is -2.11. The van der Waals surface area contributed by atoms with Gasteiger partial charge in [0, 0.05) is 17.0 Å². The molecule has 0 bridgehead atoms. The Balaban J connectivity index is 1.73. The molecule has 0 atom stereocenters. The summed E-state index contributed by atoms with van der Waals surface area (Å²) in [5, 5.41) is 7.04. The highest BCUT2D eigenvalue weighted by Gasteiger charge is 2.19. The van der Waals surface area contributed by atoms with Crippen LogP contribution in [0.5, 0.6) is 11.5 Å². The highest BCUT2D eigenvalue weighted by Crippen LogP contribution is 2.35. The molecular formula is C16H19ClN4O2S. The Bertz CT molecular complexity index is 729. The third-order valence-electron chi connectivity index (χ3n) is 3.76. The summed E-state index contributed by atoms with van der Waals surface area (Å²) in [6.45, 7) is 0. The standard InChI is InChI=1S/C16H19ClN4O2S/c1-22-13-6-10(8-19-21-16-20-15(18)9-24-16)12(17)7-14(13)23-11-4-2-3-5-11/h6-9,11H,2-5,18H2,1H3,(H,20,21). The average Bonchev–Trinajstić information content (AvgIpc) is 3.21. The van der Waals surface area contributed by atoms with Crippen LogP contribution < -0.4 is 20.6 Å². The number of halogens is 1. The van der Waals surface area contributed by atoms with E-state index < -0.39 is 0 Å². The van der Waals surface area contributed by atoms with E-state index in [4.69, 9.17) is 26.8 Å². The zero-order valence-electron chi connectivity index (χ0n) is 13.3. The Labute approximate surface area is 149 Å². The Morgan fingerprint density at radius 2 is 2.17 bits per heavy atom. The number of ether oxygens (including phenoxy) is 2. The number of nitrogen functional groups attached to an aromatic ring is 1. The fourth-order valence-electron chi connectivity index (χ4n) is 2.58. The van der Waals surface area contributed by atoms with Gasteiger partial charge in [0.15, 0.2) is 11.5 Å². The molecule has 1 saturated carbocycles. The van der Waals surface area contributed by atoms with Gasteiger partial charge in [0.25, 0.3) is 0 Å². The molecule has 8 heteroatoms. The topological polar surface area (TPSA) is 81.8 Å². The lowest BCUT2D eigenvalue weighted by Gasteiger charge is -2.16. The van der Waals surface area contributed by atoms with Crippen molar-refractivity contribution in [3.05, 3.63) is 28.1 Å². The van der Waals surface area contributed by atoms with Crippen molar-refractivity contribution in [2.75, 3.05) is 18.3 Å². The maximum absolute atomic E-state index is 6.34. The molecule has 2 aromatic rings. The number of aromatic nitrogens is 1. The average molecular weight is 367 g/mol. The number of nitrogens with one attached hydrogen (secondary N) is 1. The maximum atomic E-state index is 6.34. The molecule has 0 spiro atoms. The number of hydrogen-bond donors (Lipinski definition) is 2. The van der Waals surface area contributed by atoms with Gasteiger partial charge in [-0.3, -0.25) is 5.43 Å². The van der Waals surface area contributed by atoms with Crippen LogP contribution in [-0.4, -0.2) is 24.4 Å². The van der Waals surface area contributed by atoms with Gasteiger partial charge in [-0.25, -0.2) is 4.98 Å². The Kier molecular flexibility index (Phi) is 5.42. The number of thiazole rings is 1. The molecule has 1 aromatic heterocycles. The molecule has 1 aliphatic rings. The molecule has 0 radical (unpaired) electrons. The van der Waals surface area contributed by atoms with Crippen LogP contribution in [0.4, 0.5) is 10.9 Å². The first-order chi connectivity index (χ1) is 11.7. The quantitative estimate of drug-likeness (QED) is 0.592. The smallest absolute Gasteiger partial charge is 0.205 e. The van der Waals surface area contributed by atoms with Crippen LogP contribution >= 0.6 is 22.9 Å². The monoisotopic (exact) mass is 366 g/mol. The van der Waals surface area contributed by atoms with Crippen molar-refractivity contribution in [3.8, 4) is 11.5 Å². The van der Waals surface area contributed by atoms with Crippen molar-refractivity contribution in [2.45, 2.75) is 31.8 Å². The normalized spacial score (nSPS) is 15.1. The zero-order valence-corrected chi connectivity index (χ0v) is 14.9. The van der Waals surface area contributed by atoms with Gasteiger partial charge < -0.3 is 15.2 Å². The number of nitrogens with two attached hydrogens (primary N) is 1. The number of benzene rings is 1. The molecule has 6 nitrogen and oxygen atoms in total. The molecule has 3 N–H and O–H groups in total. The lowest BCUT2D eigenvalue weighted by atomic mass is 10.2. The third-order valence-corrected chi connectivity index (χ3v) is 4.86. The van der Waals surface area contributed by atoms with Crippen LogP contribution in [-0.2, 0) is 0 Å². The maximum Gasteiger partial charge on any atom is 0.205 e. The fraction of sp³-hybridized carbons (Fsp3) is 0.375. The van der Waals surface area contributed by atoms with Crippen LogP contribution in [0.15, 0.2) is 22.6 Å².